The Hall–Kier alpha value is -2.33. The molecule has 0 spiro atoms. The summed E-state index contributed by atoms with van der Waals surface area (Å²) in [6.45, 7) is 3.07. The quantitative estimate of drug-likeness (QED) is 0.463. The molecule has 0 radical (unpaired) electrons. The first-order valence-electron chi connectivity index (χ1n) is 10.1. The van der Waals surface area contributed by atoms with Crippen molar-refractivity contribution >= 4 is 15.7 Å². The summed E-state index contributed by atoms with van der Waals surface area (Å²) in [5.41, 5.74) is 6.68. The Kier molecular flexibility index (Phi) is 7.54. The van der Waals surface area contributed by atoms with E-state index in [9.17, 15) is 18.5 Å². The number of benzene rings is 2. The summed E-state index contributed by atoms with van der Waals surface area (Å²) >= 11 is 0. The van der Waals surface area contributed by atoms with Gasteiger partial charge in [0.2, 0.25) is 10.0 Å². The minimum Gasteiger partial charge on any atom is -0.330 e. The molecule has 0 bridgehead atoms. The lowest BCUT2D eigenvalue weighted by atomic mass is 9.96. The van der Waals surface area contributed by atoms with Crippen LogP contribution in [0.25, 0.3) is 0 Å². The van der Waals surface area contributed by atoms with Crippen molar-refractivity contribution < 1.29 is 13.3 Å². The van der Waals surface area contributed by atoms with Gasteiger partial charge in [0, 0.05) is 24.7 Å². The number of nitro groups is 1. The van der Waals surface area contributed by atoms with Crippen LogP contribution in [0.1, 0.15) is 18.4 Å². The van der Waals surface area contributed by atoms with Gasteiger partial charge < -0.3 is 10.6 Å². The molecule has 2 aromatic carbocycles. The first-order valence-corrected chi connectivity index (χ1v) is 11.6. The monoisotopic (exact) mass is 432 g/mol. The number of piperidine rings is 1. The van der Waals surface area contributed by atoms with Crippen molar-refractivity contribution in [3.05, 3.63) is 70.3 Å². The molecule has 1 aliphatic heterocycles. The van der Waals surface area contributed by atoms with E-state index < -0.39 is 14.9 Å². The minimum atomic E-state index is -3.81. The van der Waals surface area contributed by atoms with Crippen molar-refractivity contribution in [2.24, 2.45) is 11.7 Å². The van der Waals surface area contributed by atoms with E-state index in [0.29, 0.717) is 25.4 Å². The normalized spacial score (nSPS) is 17.0. The predicted octanol–water partition coefficient (Wildman–Crippen LogP) is 2.16. The van der Waals surface area contributed by atoms with Gasteiger partial charge in [-0.1, -0.05) is 30.3 Å². The average Bonchev–Trinajstić information content (AvgIpc) is 2.75. The second-order valence-corrected chi connectivity index (χ2v) is 9.45. The Morgan fingerprint density at radius 1 is 1.10 bits per heavy atom. The fraction of sp³-hybridized carbons (Fsp3) is 0.429. The van der Waals surface area contributed by atoms with Gasteiger partial charge in [-0.25, -0.2) is 13.1 Å². The zero-order valence-corrected chi connectivity index (χ0v) is 17.6. The van der Waals surface area contributed by atoms with E-state index in [1.54, 1.807) is 0 Å². The molecule has 8 nitrogen and oxygen atoms in total. The lowest BCUT2D eigenvalue weighted by Gasteiger charge is -2.34. The number of nitrogens with two attached hydrogens (primary N) is 1. The molecule has 0 aromatic heterocycles. The summed E-state index contributed by atoms with van der Waals surface area (Å²) in [5, 5.41) is 10.8. The maximum absolute atomic E-state index is 12.9. The Bertz CT molecular complexity index is 927. The van der Waals surface area contributed by atoms with Crippen LogP contribution in [0, 0.1) is 16.0 Å². The molecule has 0 aliphatic carbocycles. The highest BCUT2D eigenvalue weighted by Gasteiger charge is 2.25. The Labute approximate surface area is 177 Å². The molecule has 9 heteroatoms. The molecule has 0 saturated carbocycles. The number of nitrogens with one attached hydrogen (secondary N) is 1. The summed E-state index contributed by atoms with van der Waals surface area (Å²) in [6.07, 6.45) is 2.59. The summed E-state index contributed by atoms with van der Waals surface area (Å²) < 4.78 is 28.7. The number of nitrogens with zero attached hydrogens (tertiary/aromatic N) is 2. The van der Waals surface area contributed by atoms with E-state index in [-0.39, 0.29) is 16.6 Å². The van der Waals surface area contributed by atoms with Crippen LogP contribution < -0.4 is 10.5 Å². The highest BCUT2D eigenvalue weighted by molar-refractivity contribution is 7.89. The molecule has 162 valence electrons. The van der Waals surface area contributed by atoms with Crippen LogP contribution in [-0.4, -0.2) is 50.5 Å². The molecule has 2 aromatic rings. The fourth-order valence-electron chi connectivity index (χ4n) is 3.79. The first-order chi connectivity index (χ1) is 14.4. The van der Waals surface area contributed by atoms with E-state index in [1.807, 2.05) is 30.3 Å². The number of rotatable bonds is 9. The molecular weight excluding hydrogens is 404 g/mol. The third-order valence-electron chi connectivity index (χ3n) is 5.52. The molecule has 1 atom stereocenters. The maximum Gasteiger partial charge on any atom is 0.269 e. The van der Waals surface area contributed by atoms with Gasteiger partial charge in [0.05, 0.1) is 9.82 Å². The van der Waals surface area contributed by atoms with Crippen LogP contribution in [-0.2, 0) is 16.4 Å². The molecule has 1 heterocycles. The Morgan fingerprint density at radius 3 is 2.30 bits per heavy atom. The van der Waals surface area contributed by atoms with Gasteiger partial charge in [0.15, 0.2) is 0 Å². The van der Waals surface area contributed by atoms with Crippen LogP contribution in [0.2, 0.25) is 0 Å². The largest absolute Gasteiger partial charge is 0.330 e. The Morgan fingerprint density at radius 2 is 1.73 bits per heavy atom. The van der Waals surface area contributed by atoms with E-state index in [2.05, 4.69) is 9.62 Å². The second kappa shape index (κ2) is 10.1. The number of sulfonamides is 1. The van der Waals surface area contributed by atoms with Crippen LogP contribution in [0.4, 0.5) is 5.69 Å². The van der Waals surface area contributed by atoms with Crippen LogP contribution >= 0.6 is 0 Å². The predicted molar refractivity (Wildman–Crippen MR) is 116 cm³/mol. The molecule has 1 saturated heterocycles. The molecule has 1 aliphatic rings. The van der Waals surface area contributed by atoms with E-state index >= 15 is 0 Å². The van der Waals surface area contributed by atoms with Gasteiger partial charge >= 0.3 is 0 Å². The van der Waals surface area contributed by atoms with Crippen molar-refractivity contribution in [2.45, 2.75) is 30.2 Å². The van der Waals surface area contributed by atoms with Gasteiger partial charge in [-0.05, 0) is 62.5 Å². The number of nitro benzene ring substituents is 1. The fourth-order valence-corrected chi connectivity index (χ4v) is 5.02. The van der Waals surface area contributed by atoms with Crippen molar-refractivity contribution in [3.63, 3.8) is 0 Å². The van der Waals surface area contributed by atoms with E-state index in [0.717, 1.165) is 31.5 Å². The van der Waals surface area contributed by atoms with Gasteiger partial charge in [0.25, 0.3) is 5.69 Å². The first kappa shape index (κ1) is 22.4. The second-order valence-electron chi connectivity index (χ2n) is 7.74. The zero-order chi connectivity index (χ0) is 21.6. The lowest BCUT2D eigenvalue weighted by Crippen LogP contribution is -2.47. The van der Waals surface area contributed by atoms with Gasteiger partial charge in [-0.15, -0.1) is 0 Å². The molecular formula is C21H28N4O4S. The van der Waals surface area contributed by atoms with Gasteiger partial charge in [-0.2, -0.15) is 0 Å². The third-order valence-corrected chi connectivity index (χ3v) is 7.06. The van der Waals surface area contributed by atoms with Gasteiger partial charge in [0.1, 0.15) is 0 Å². The average molecular weight is 433 g/mol. The van der Waals surface area contributed by atoms with Crippen molar-refractivity contribution in [1.29, 1.82) is 0 Å². The Balaban J connectivity index is 1.74. The van der Waals surface area contributed by atoms with Crippen molar-refractivity contribution in [2.75, 3.05) is 26.2 Å². The summed E-state index contributed by atoms with van der Waals surface area (Å²) in [6, 6.07) is 14.4. The number of hydrogen-bond donors (Lipinski definition) is 2. The van der Waals surface area contributed by atoms with Crippen LogP contribution in [0.15, 0.2) is 59.5 Å². The van der Waals surface area contributed by atoms with Crippen molar-refractivity contribution in [3.8, 4) is 0 Å². The van der Waals surface area contributed by atoms with E-state index in [4.69, 9.17) is 5.73 Å². The van der Waals surface area contributed by atoms with Crippen LogP contribution in [0.5, 0.6) is 0 Å². The summed E-state index contributed by atoms with van der Waals surface area (Å²) in [7, 11) is -3.81. The summed E-state index contributed by atoms with van der Waals surface area (Å²) in [5.74, 6) is 0.533. The molecule has 30 heavy (non-hydrogen) atoms. The topological polar surface area (TPSA) is 119 Å². The SMILES string of the molecule is NCC1CCN(C[C@H](Cc2ccccc2)NS(=O)(=O)c2ccc([N+](=O)[O-])cc2)CC1. The molecule has 0 unspecified atom stereocenters. The smallest absolute Gasteiger partial charge is 0.269 e. The zero-order valence-electron chi connectivity index (χ0n) is 16.8. The van der Waals surface area contributed by atoms with E-state index in [1.165, 1.54) is 24.3 Å². The van der Waals surface area contributed by atoms with Crippen molar-refractivity contribution in [1.82, 2.24) is 9.62 Å². The number of hydrogen-bond acceptors (Lipinski definition) is 6. The third kappa shape index (κ3) is 6.09. The molecule has 3 N–H and O–H groups in total. The minimum absolute atomic E-state index is 0.0213. The highest BCUT2D eigenvalue weighted by Crippen LogP contribution is 2.19. The number of non-ortho nitro benzene ring substituents is 1. The standard InChI is InChI=1S/C21H28N4O4S/c22-15-18-10-12-24(13-11-18)16-19(14-17-4-2-1-3-5-17)23-30(28,29)21-8-6-20(7-9-21)25(26)27/h1-9,18-19,23H,10-16,22H2/t19-/m0/s1. The highest BCUT2D eigenvalue weighted by atomic mass is 32.2. The lowest BCUT2D eigenvalue weighted by molar-refractivity contribution is -0.384. The molecule has 3 rings (SSSR count). The summed E-state index contributed by atoms with van der Waals surface area (Å²) in [4.78, 5) is 12.6. The molecule has 0 amide bonds. The number of likely N-dealkylation sites (tertiary alicyclic amines) is 1. The van der Waals surface area contributed by atoms with Crippen LogP contribution in [0.3, 0.4) is 0 Å². The molecule has 1 fully saturated rings. The maximum atomic E-state index is 12.9. The van der Waals surface area contributed by atoms with Gasteiger partial charge in [-0.3, -0.25) is 10.1 Å².